The molecule has 2 fully saturated rings. The summed E-state index contributed by atoms with van der Waals surface area (Å²) in [7, 11) is 1.65. The Kier molecular flexibility index (Phi) is 8.62. The molecular weight excluding hydrogens is 434 g/mol. The monoisotopic (exact) mass is 469 g/mol. The zero-order valence-electron chi connectivity index (χ0n) is 19.9. The van der Waals surface area contributed by atoms with Gasteiger partial charge in [0.15, 0.2) is 11.5 Å². The van der Waals surface area contributed by atoms with Gasteiger partial charge in [-0.05, 0) is 42.0 Å². The van der Waals surface area contributed by atoms with E-state index in [-0.39, 0.29) is 6.09 Å². The summed E-state index contributed by atoms with van der Waals surface area (Å²) in [5, 5.41) is 10.8. The van der Waals surface area contributed by atoms with Gasteiger partial charge >= 0.3 is 6.09 Å². The topological polar surface area (TPSA) is 74.7 Å². The smallest absolute Gasteiger partial charge is 0.409 e. The molecule has 0 aromatic heterocycles. The number of carbonyl (C=O) groups is 1. The van der Waals surface area contributed by atoms with E-state index in [0.717, 1.165) is 55.1 Å². The van der Waals surface area contributed by atoms with Crippen LogP contribution < -0.4 is 9.47 Å². The van der Waals surface area contributed by atoms with Crippen molar-refractivity contribution in [2.75, 3.05) is 53.0 Å². The fourth-order valence-electron chi connectivity index (χ4n) is 4.38. The summed E-state index contributed by atoms with van der Waals surface area (Å²) in [6.07, 6.45) is 1.49. The number of carbonyl (C=O) groups excluding carboxylic acids is 1. The molecule has 2 heterocycles. The van der Waals surface area contributed by atoms with Crippen molar-refractivity contribution in [1.29, 1.82) is 0 Å². The first-order valence-electron chi connectivity index (χ1n) is 12.0. The lowest BCUT2D eigenvalue weighted by molar-refractivity contribution is -0.115. The molecule has 2 aromatic rings. The molecule has 2 aromatic carbocycles. The number of benzene rings is 2. The largest absolute Gasteiger partial charge is 0.493 e. The summed E-state index contributed by atoms with van der Waals surface area (Å²) in [5.74, 6) is 1.79. The van der Waals surface area contributed by atoms with E-state index in [0.29, 0.717) is 45.3 Å². The number of nitrogens with zero attached hydrogens (tertiary/aromatic N) is 3. The number of piperidine rings is 1. The third kappa shape index (κ3) is 6.85. The zero-order valence-corrected chi connectivity index (χ0v) is 19.9. The van der Waals surface area contributed by atoms with Gasteiger partial charge in [0.25, 0.3) is 0 Å². The SMILES string of the molecule is COc1ccc(CN2CCN(C(=O)OCC3CCN(O)CC3)CC2)cc1OCc1ccccc1. The van der Waals surface area contributed by atoms with Gasteiger partial charge in [0.2, 0.25) is 0 Å². The Morgan fingerprint density at radius 2 is 1.68 bits per heavy atom. The molecule has 34 heavy (non-hydrogen) atoms. The highest BCUT2D eigenvalue weighted by molar-refractivity contribution is 5.67. The van der Waals surface area contributed by atoms with E-state index in [1.54, 1.807) is 12.0 Å². The number of piperazine rings is 1. The van der Waals surface area contributed by atoms with Crippen LogP contribution in [0.15, 0.2) is 48.5 Å². The first kappa shape index (κ1) is 24.3. The van der Waals surface area contributed by atoms with Gasteiger partial charge in [0.1, 0.15) is 6.61 Å². The quantitative estimate of drug-likeness (QED) is 0.633. The van der Waals surface area contributed by atoms with Crippen LogP contribution in [0.4, 0.5) is 4.79 Å². The minimum absolute atomic E-state index is 0.230. The molecule has 0 radical (unpaired) electrons. The molecule has 1 amide bonds. The number of rotatable bonds is 8. The van der Waals surface area contributed by atoms with Crippen LogP contribution in [0.2, 0.25) is 0 Å². The van der Waals surface area contributed by atoms with Crippen LogP contribution in [-0.2, 0) is 17.9 Å². The Balaban J connectivity index is 1.23. The van der Waals surface area contributed by atoms with Gasteiger partial charge in [-0.2, -0.15) is 5.06 Å². The van der Waals surface area contributed by atoms with E-state index >= 15 is 0 Å². The molecule has 184 valence electrons. The summed E-state index contributed by atoms with van der Waals surface area (Å²) in [6, 6.07) is 16.1. The van der Waals surface area contributed by atoms with Crippen LogP contribution in [0.5, 0.6) is 11.5 Å². The second-order valence-electron chi connectivity index (χ2n) is 9.00. The van der Waals surface area contributed by atoms with Gasteiger partial charge < -0.3 is 24.3 Å². The van der Waals surface area contributed by atoms with Gasteiger partial charge in [-0.15, -0.1) is 0 Å². The van der Waals surface area contributed by atoms with E-state index in [1.807, 2.05) is 42.5 Å². The highest BCUT2D eigenvalue weighted by Gasteiger charge is 2.24. The zero-order chi connectivity index (χ0) is 23.8. The first-order chi connectivity index (χ1) is 16.6. The predicted octanol–water partition coefficient (Wildman–Crippen LogP) is 3.63. The maximum atomic E-state index is 12.5. The minimum atomic E-state index is -0.230. The third-order valence-electron chi connectivity index (χ3n) is 6.54. The number of methoxy groups -OCH3 is 1. The van der Waals surface area contributed by atoms with Crippen LogP contribution in [0.1, 0.15) is 24.0 Å². The van der Waals surface area contributed by atoms with Crippen LogP contribution in [0.25, 0.3) is 0 Å². The molecule has 2 aliphatic rings. The Hall–Kier alpha value is -2.81. The fourth-order valence-corrected chi connectivity index (χ4v) is 4.38. The lowest BCUT2D eigenvalue weighted by Crippen LogP contribution is -2.48. The van der Waals surface area contributed by atoms with Crippen molar-refractivity contribution in [3.05, 3.63) is 59.7 Å². The molecule has 0 spiro atoms. The van der Waals surface area contributed by atoms with Crippen molar-refractivity contribution < 1.29 is 24.2 Å². The second kappa shape index (κ2) is 12.1. The van der Waals surface area contributed by atoms with Crippen molar-refractivity contribution in [3.8, 4) is 11.5 Å². The number of hydrogen-bond acceptors (Lipinski definition) is 7. The lowest BCUT2D eigenvalue weighted by Gasteiger charge is -2.34. The molecular formula is C26H35N3O5. The van der Waals surface area contributed by atoms with Gasteiger partial charge in [-0.3, -0.25) is 4.90 Å². The van der Waals surface area contributed by atoms with Crippen molar-refractivity contribution in [3.63, 3.8) is 0 Å². The van der Waals surface area contributed by atoms with Crippen molar-refractivity contribution in [2.24, 2.45) is 5.92 Å². The summed E-state index contributed by atoms with van der Waals surface area (Å²) in [4.78, 5) is 16.6. The molecule has 1 N–H and O–H groups in total. The average Bonchev–Trinajstić information content (AvgIpc) is 2.88. The molecule has 0 unspecified atom stereocenters. The van der Waals surface area contributed by atoms with Crippen LogP contribution >= 0.6 is 0 Å². The van der Waals surface area contributed by atoms with Crippen LogP contribution in [0.3, 0.4) is 0 Å². The minimum Gasteiger partial charge on any atom is -0.493 e. The van der Waals surface area contributed by atoms with Crippen LogP contribution in [-0.4, -0.2) is 79.1 Å². The standard InChI is InChI=1S/C26H35N3O5/c1-32-24-8-7-23(17-25(24)33-19-21-5-3-2-4-6-21)18-27-13-15-28(16-14-27)26(30)34-20-22-9-11-29(31)12-10-22/h2-8,17,22,31H,9-16,18-20H2,1H3. The molecule has 0 aliphatic carbocycles. The molecule has 4 rings (SSSR count). The summed E-state index contributed by atoms with van der Waals surface area (Å²) in [6.45, 7) is 5.90. The van der Waals surface area contributed by atoms with E-state index in [2.05, 4.69) is 11.0 Å². The van der Waals surface area contributed by atoms with Gasteiger partial charge in [-0.25, -0.2) is 4.79 Å². The molecule has 8 heteroatoms. The Bertz CT molecular complexity index is 910. The van der Waals surface area contributed by atoms with Gasteiger partial charge in [0, 0.05) is 45.8 Å². The number of hydroxylamine groups is 2. The number of amides is 1. The van der Waals surface area contributed by atoms with E-state index < -0.39 is 0 Å². The second-order valence-corrected chi connectivity index (χ2v) is 9.00. The number of hydrogen-bond donors (Lipinski definition) is 1. The van der Waals surface area contributed by atoms with Gasteiger partial charge in [-0.1, -0.05) is 36.4 Å². The van der Waals surface area contributed by atoms with Gasteiger partial charge in [0.05, 0.1) is 13.7 Å². The third-order valence-corrected chi connectivity index (χ3v) is 6.54. The highest BCUT2D eigenvalue weighted by atomic mass is 16.6. The number of ether oxygens (including phenoxy) is 3. The Morgan fingerprint density at radius 1 is 0.941 bits per heavy atom. The van der Waals surface area contributed by atoms with Crippen molar-refractivity contribution >= 4 is 6.09 Å². The molecule has 2 saturated heterocycles. The molecule has 2 aliphatic heterocycles. The normalized spacial score (nSPS) is 18.0. The molecule has 8 nitrogen and oxygen atoms in total. The van der Waals surface area contributed by atoms with E-state index in [9.17, 15) is 10.0 Å². The van der Waals surface area contributed by atoms with Crippen molar-refractivity contribution in [1.82, 2.24) is 14.9 Å². The fraction of sp³-hybridized carbons (Fsp3) is 0.500. The van der Waals surface area contributed by atoms with Crippen LogP contribution in [0, 0.1) is 5.92 Å². The predicted molar refractivity (Wildman–Crippen MR) is 128 cm³/mol. The summed E-state index contributed by atoms with van der Waals surface area (Å²) < 4.78 is 17.1. The first-order valence-corrected chi connectivity index (χ1v) is 12.0. The lowest BCUT2D eigenvalue weighted by atomic mass is 9.99. The maximum absolute atomic E-state index is 12.5. The summed E-state index contributed by atoms with van der Waals surface area (Å²) in [5.41, 5.74) is 2.26. The highest BCUT2D eigenvalue weighted by Crippen LogP contribution is 2.29. The molecule has 0 atom stereocenters. The Labute approximate surface area is 201 Å². The van der Waals surface area contributed by atoms with Crippen molar-refractivity contribution in [2.45, 2.75) is 26.0 Å². The van der Waals surface area contributed by atoms with E-state index in [1.165, 1.54) is 5.06 Å². The molecule has 0 bridgehead atoms. The maximum Gasteiger partial charge on any atom is 0.409 e. The average molecular weight is 470 g/mol. The molecule has 0 saturated carbocycles. The van der Waals surface area contributed by atoms with E-state index in [4.69, 9.17) is 14.2 Å². The Morgan fingerprint density at radius 3 is 2.38 bits per heavy atom. The summed E-state index contributed by atoms with van der Waals surface area (Å²) >= 11 is 0.